The summed E-state index contributed by atoms with van der Waals surface area (Å²) in [5.41, 5.74) is 2.04. The Bertz CT molecular complexity index is 448. The van der Waals surface area contributed by atoms with Crippen LogP contribution in [0.5, 0.6) is 0 Å². The maximum atomic E-state index is 8.05. The smallest absolute Gasteiger partial charge is 0.124 e. The number of hydrogen-bond donors (Lipinski definition) is 1. The van der Waals surface area contributed by atoms with Gasteiger partial charge in [0.05, 0.1) is 0 Å². The molecule has 3 aliphatic carbocycles. The third-order valence-corrected chi connectivity index (χ3v) is 5.04. The van der Waals surface area contributed by atoms with Crippen LogP contribution in [0.25, 0.3) is 0 Å². The number of ether oxygens (including phenoxy) is 1. The van der Waals surface area contributed by atoms with Crippen molar-refractivity contribution in [3.05, 3.63) is 23.5 Å². The lowest BCUT2D eigenvalue weighted by molar-refractivity contribution is 0.0941. The van der Waals surface area contributed by atoms with Gasteiger partial charge in [-0.2, -0.15) is 0 Å². The Labute approximate surface area is 110 Å². The minimum absolute atomic E-state index is 0.192. The van der Waals surface area contributed by atoms with E-state index in [1.165, 1.54) is 25.7 Å². The van der Waals surface area contributed by atoms with Crippen LogP contribution in [-0.2, 0) is 4.74 Å². The van der Waals surface area contributed by atoms with Crippen molar-refractivity contribution in [2.75, 3.05) is 0 Å². The molecule has 0 amide bonds. The van der Waals surface area contributed by atoms with Crippen molar-refractivity contribution in [3.8, 4) is 0 Å². The Morgan fingerprint density at radius 1 is 1.44 bits per heavy atom. The molecular weight excluding hydrogens is 222 g/mol. The highest BCUT2D eigenvalue weighted by Gasteiger charge is 2.54. The highest BCUT2D eigenvalue weighted by atomic mass is 16.5. The normalized spacial score (nSPS) is 41.8. The number of allylic oxidation sites excluding steroid dienone is 3. The average Bonchev–Trinajstić information content (AvgIpc) is 2.82. The highest BCUT2D eigenvalue weighted by Crippen LogP contribution is 2.61. The van der Waals surface area contributed by atoms with Crippen LogP contribution in [0.1, 0.15) is 46.5 Å². The van der Waals surface area contributed by atoms with Crippen molar-refractivity contribution in [2.24, 2.45) is 17.3 Å². The van der Waals surface area contributed by atoms with Crippen LogP contribution in [0, 0.1) is 22.7 Å². The summed E-state index contributed by atoms with van der Waals surface area (Å²) in [5.74, 6) is 2.28. The standard InChI is InChI=1S/C16H23NO/c1-10-5-4-6-13(10)18-14-8-7-12-9-16(12,3)15(14)11(2)17/h7-8,10,12-13,17H,4-6,9H2,1-3H3/t10-,12?,13-,16?/m1/s1. The first-order chi connectivity index (χ1) is 8.52. The molecule has 2 saturated carbocycles. The Hall–Kier alpha value is -1.05. The second-order valence-corrected chi connectivity index (χ2v) is 6.52. The predicted octanol–water partition coefficient (Wildman–Crippen LogP) is 4.08. The van der Waals surface area contributed by atoms with E-state index in [9.17, 15) is 0 Å². The molecule has 3 rings (SSSR count). The van der Waals surface area contributed by atoms with Gasteiger partial charge in [0.25, 0.3) is 0 Å². The Morgan fingerprint density at radius 2 is 2.22 bits per heavy atom. The number of rotatable bonds is 3. The zero-order chi connectivity index (χ0) is 12.9. The monoisotopic (exact) mass is 245 g/mol. The lowest BCUT2D eigenvalue weighted by Crippen LogP contribution is -2.21. The molecular formula is C16H23NO. The van der Waals surface area contributed by atoms with Gasteiger partial charge >= 0.3 is 0 Å². The highest BCUT2D eigenvalue weighted by molar-refractivity contribution is 5.99. The Kier molecular flexibility index (Phi) is 2.65. The molecule has 1 N–H and O–H groups in total. The molecule has 98 valence electrons. The van der Waals surface area contributed by atoms with Gasteiger partial charge in [-0.05, 0) is 50.5 Å². The Balaban J connectivity index is 1.88. The van der Waals surface area contributed by atoms with Gasteiger partial charge in [0.2, 0.25) is 0 Å². The first-order valence-corrected chi connectivity index (χ1v) is 7.17. The van der Waals surface area contributed by atoms with Crippen molar-refractivity contribution in [1.82, 2.24) is 0 Å². The second kappa shape index (κ2) is 3.97. The van der Waals surface area contributed by atoms with Gasteiger partial charge in [-0.1, -0.05) is 19.9 Å². The number of nitrogens with one attached hydrogen (secondary N) is 1. The van der Waals surface area contributed by atoms with E-state index >= 15 is 0 Å². The SMILES string of the molecule is CC(=N)C1=C(O[C@@H]2CCC[C@H]2C)C=CC2CC12C. The fraction of sp³-hybridized carbons (Fsp3) is 0.688. The van der Waals surface area contributed by atoms with Crippen LogP contribution in [0.3, 0.4) is 0 Å². The van der Waals surface area contributed by atoms with Gasteiger partial charge in [0.1, 0.15) is 11.9 Å². The zero-order valence-electron chi connectivity index (χ0n) is 11.6. The van der Waals surface area contributed by atoms with Crippen molar-refractivity contribution in [3.63, 3.8) is 0 Å². The van der Waals surface area contributed by atoms with E-state index in [0.29, 0.717) is 23.7 Å². The second-order valence-electron chi connectivity index (χ2n) is 6.52. The first kappa shape index (κ1) is 12.0. The summed E-state index contributed by atoms with van der Waals surface area (Å²) in [4.78, 5) is 0. The number of fused-ring (bicyclic) bond motifs is 1. The molecule has 0 heterocycles. The van der Waals surface area contributed by atoms with Crippen molar-refractivity contribution in [1.29, 1.82) is 5.41 Å². The molecule has 2 heteroatoms. The third-order valence-electron chi connectivity index (χ3n) is 5.04. The molecule has 0 aromatic carbocycles. The summed E-state index contributed by atoms with van der Waals surface area (Å²) in [6.07, 6.45) is 9.67. The molecule has 2 nitrogen and oxygen atoms in total. The molecule has 0 saturated heterocycles. The van der Waals surface area contributed by atoms with Crippen LogP contribution in [0.4, 0.5) is 0 Å². The topological polar surface area (TPSA) is 33.1 Å². The van der Waals surface area contributed by atoms with Gasteiger partial charge in [-0.3, -0.25) is 0 Å². The van der Waals surface area contributed by atoms with Crippen molar-refractivity contribution in [2.45, 2.75) is 52.6 Å². The summed E-state index contributed by atoms with van der Waals surface area (Å²) in [6, 6.07) is 0. The molecule has 3 aliphatic rings. The molecule has 2 unspecified atom stereocenters. The van der Waals surface area contributed by atoms with Crippen LogP contribution < -0.4 is 0 Å². The van der Waals surface area contributed by atoms with Gasteiger partial charge < -0.3 is 10.1 Å². The van der Waals surface area contributed by atoms with Crippen molar-refractivity contribution >= 4 is 5.71 Å². The Morgan fingerprint density at radius 3 is 2.83 bits per heavy atom. The van der Waals surface area contributed by atoms with E-state index in [0.717, 1.165) is 11.3 Å². The lowest BCUT2D eigenvalue weighted by Gasteiger charge is -2.26. The summed E-state index contributed by atoms with van der Waals surface area (Å²) in [6.45, 7) is 6.45. The third kappa shape index (κ3) is 1.73. The molecule has 0 spiro atoms. The quantitative estimate of drug-likeness (QED) is 0.747. The van der Waals surface area contributed by atoms with Crippen molar-refractivity contribution < 1.29 is 4.74 Å². The van der Waals surface area contributed by atoms with Gasteiger partial charge in [0.15, 0.2) is 0 Å². The molecule has 0 aliphatic heterocycles. The van der Waals surface area contributed by atoms with Gasteiger partial charge in [-0.15, -0.1) is 0 Å². The van der Waals surface area contributed by atoms with Gasteiger partial charge in [-0.25, -0.2) is 0 Å². The van der Waals surface area contributed by atoms with Crippen LogP contribution >= 0.6 is 0 Å². The largest absolute Gasteiger partial charge is 0.490 e. The molecule has 0 aromatic rings. The van der Waals surface area contributed by atoms with Gasteiger partial charge in [0, 0.05) is 16.7 Å². The fourth-order valence-corrected chi connectivity index (χ4v) is 3.70. The average molecular weight is 245 g/mol. The van der Waals surface area contributed by atoms with E-state index in [2.05, 4.69) is 26.0 Å². The molecule has 18 heavy (non-hydrogen) atoms. The zero-order valence-corrected chi connectivity index (χ0v) is 11.6. The number of hydrogen-bond acceptors (Lipinski definition) is 2. The van der Waals surface area contributed by atoms with E-state index in [1.807, 2.05) is 6.92 Å². The maximum Gasteiger partial charge on any atom is 0.124 e. The van der Waals surface area contributed by atoms with E-state index in [-0.39, 0.29) is 5.41 Å². The van der Waals surface area contributed by atoms with E-state index in [1.54, 1.807) is 0 Å². The lowest BCUT2D eigenvalue weighted by atomic mass is 9.87. The minimum atomic E-state index is 0.192. The maximum absolute atomic E-state index is 8.05. The summed E-state index contributed by atoms with van der Waals surface area (Å²) in [5, 5.41) is 8.05. The van der Waals surface area contributed by atoms with E-state index < -0.39 is 0 Å². The summed E-state index contributed by atoms with van der Waals surface area (Å²) >= 11 is 0. The molecule has 2 fully saturated rings. The van der Waals surface area contributed by atoms with E-state index in [4.69, 9.17) is 10.1 Å². The fourth-order valence-electron chi connectivity index (χ4n) is 3.70. The van der Waals surface area contributed by atoms with Crippen LogP contribution in [-0.4, -0.2) is 11.8 Å². The summed E-state index contributed by atoms with van der Waals surface area (Å²) < 4.78 is 6.25. The molecule has 0 radical (unpaired) electrons. The van der Waals surface area contributed by atoms with Crippen LogP contribution in [0.15, 0.2) is 23.5 Å². The first-order valence-electron chi connectivity index (χ1n) is 7.17. The molecule has 4 atom stereocenters. The molecule has 0 aromatic heterocycles. The predicted molar refractivity (Wildman–Crippen MR) is 73.7 cm³/mol. The summed E-state index contributed by atoms with van der Waals surface area (Å²) in [7, 11) is 0. The minimum Gasteiger partial charge on any atom is -0.490 e. The van der Waals surface area contributed by atoms with Crippen LogP contribution in [0.2, 0.25) is 0 Å². The molecule has 0 bridgehead atoms.